The summed E-state index contributed by atoms with van der Waals surface area (Å²) in [5.74, 6) is -0.225. The van der Waals surface area contributed by atoms with Crippen LogP contribution < -0.4 is 5.43 Å². The number of rotatable bonds is 5. The highest BCUT2D eigenvalue weighted by Crippen LogP contribution is 2.26. The molecule has 2 aromatic rings. The third-order valence-corrected chi connectivity index (χ3v) is 6.14. The van der Waals surface area contributed by atoms with Crippen molar-refractivity contribution in [3.63, 3.8) is 0 Å². The number of benzene rings is 2. The molecule has 0 unspecified atom stereocenters. The Balaban J connectivity index is 1.65. The molecule has 1 aliphatic heterocycles. The molecule has 0 aromatic heterocycles. The van der Waals surface area contributed by atoms with Gasteiger partial charge in [-0.2, -0.15) is 5.10 Å². The average Bonchev–Trinajstić information content (AvgIpc) is 2.70. The van der Waals surface area contributed by atoms with Gasteiger partial charge in [0, 0.05) is 34.1 Å². The van der Waals surface area contributed by atoms with Crippen LogP contribution in [0.2, 0.25) is 5.02 Å². The summed E-state index contributed by atoms with van der Waals surface area (Å²) in [6.45, 7) is 3.86. The van der Waals surface area contributed by atoms with Crippen molar-refractivity contribution in [1.82, 2.24) is 9.73 Å². The lowest BCUT2D eigenvalue weighted by molar-refractivity contribution is 0.0954. The summed E-state index contributed by atoms with van der Waals surface area (Å²) >= 11 is 7.69. The zero-order valence-electron chi connectivity index (χ0n) is 16.5. The fourth-order valence-electron chi connectivity index (χ4n) is 3.21. The number of phenolic OH excluding ortho intramolecular Hbond substituents is 1. The lowest BCUT2D eigenvalue weighted by atomic mass is 10.1. The van der Waals surface area contributed by atoms with Crippen molar-refractivity contribution in [2.45, 2.75) is 43.9 Å². The van der Waals surface area contributed by atoms with Gasteiger partial charge in [-0.3, -0.25) is 4.79 Å². The Morgan fingerprint density at radius 1 is 1.10 bits per heavy atom. The van der Waals surface area contributed by atoms with Crippen LogP contribution in [-0.2, 0) is 0 Å². The summed E-state index contributed by atoms with van der Waals surface area (Å²) in [4.78, 5) is 13.6. The first kappa shape index (κ1) is 21.7. The van der Waals surface area contributed by atoms with Crippen LogP contribution in [0.15, 0.2) is 52.5 Å². The van der Waals surface area contributed by atoms with Gasteiger partial charge in [-0.15, -0.1) is 0 Å². The smallest absolute Gasteiger partial charge is 0.271 e. The maximum Gasteiger partial charge on any atom is 0.271 e. The van der Waals surface area contributed by atoms with E-state index in [9.17, 15) is 9.90 Å². The predicted molar refractivity (Wildman–Crippen MR) is 120 cm³/mol. The highest BCUT2D eigenvalue weighted by atomic mass is 35.5. The van der Waals surface area contributed by atoms with E-state index < -0.39 is 0 Å². The number of nitrogens with zero attached hydrogens (tertiary/aromatic N) is 2. The number of phenols is 1. The summed E-state index contributed by atoms with van der Waals surface area (Å²) < 4.78 is 2.39. The fourth-order valence-corrected chi connectivity index (χ4v) is 4.44. The number of nitrogens with one attached hydrogen (secondary N) is 1. The Labute approximate surface area is 181 Å². The highest BCUT2D eigenvalue weighted by molar-refractivity contribution is 7.97. The summed E-state index contributed by atoms with van der Waals surface area (Å²) in [7, 11) is 0. The molecule has 2 aromatic carbocycles. The molecule has 1 saturated heterocycles. The molecule has 2 N–H and O–H groups in total. The van der Waals surface area contributed by atoms with Gasteiger partial charge >= 0.3 is 0 Å². The normalized spacial score (nSPS) is 16.1. The van der Waals surface area contributed by atoms with Gasteiger partial charge in [0.05, 0.1) is 5.71 Å². The molecule has 7 heteroatoms. The van der Waals surface area contributed by atoms with Crippen molar-refractivity contribution in [2.75, 3.05) is 13.1 Å². The molecule has 1 amide bonds. The van der Waals surface area contributed by atoms with Crippen LogP contribution in [0.25, 0.3) is 0 Å². The van der Waals surface area contributed by atoms with E-state index in [1.54, 1.807) is 37.1 Å². The molecule has 0 spiro atoms. The largest absolute Gasteiger partial charge is 0.507 e. The van der Waals surface area contributed by atoms with Crippen molar-refractivity contribution in [1.29, 1.82) is 0 Å². The first-order valence-electron chi connectivity index (χ1n) is 9.89. The molecule has 29 heavy (non-hydrogen) atoms. The molecule has 1 heterocycles. The van der Waals surface area contributed by atoms with E-state index >= 15 is 0 Å². The van der Waals surface area contributed by atoms with Gasteiger partial charge in [0.1, 0.15) is 5.75 Å². The minimum absolute atomic E-state index is 0.0662. The molecule has 0 bridgehead atoms. The van der Waals surface area contributed by atoms with Crippen molar-refractivity contribution < 1.29 is 9.90 Å². The number of carbonyl (C=O) groups is 1. The maximum absolute atomic E-state index is 12.5. The van der Waals surface area contributed by atoms with Crippen LogP contribution in [0.1, 0.15) is 54.9 Å². The fraction of sp³-hybridized carbons (Fsp3) is 0.364. The Bertz CT molecular complexity index is 880. The molecular weight excluding hydrogens is 406 g/mol. The van der Waals surface area contributed by atoms with E-state index in [0.717, 1.165) is 18.0 Å². The topological polar surface area (TPSA) is 64.9 Å². The van der Waals surface area contributed by atoms with Crippen LogP contribution in [0.3, 0.4) is 0 Å². The minimum atomic E-state index is -0.291. The quantitative estimate of drug-likeness (QED) is 0.374. The number of hydrogen-bond acceptors (Lipinski definition) is 5. The third kappa shape index (κ3) is 6.49. The second kappa shape index (κ2) is 10.7. The summed E-state index contributed by atoms with van der Waals surface area (Å²) in [6.07, 6.45) is 6.36. The van der Waals surface area contributed by atoms with Crippen molar-refractivity contribution in [3.05, 3.63) is 58.6 Å². The molecule has 3 rings (SSSR count). The number of hydrogen-bond donors (Lipinski definition) is 2. The van der Waals surface area contributed by atoms with Crippen LogP contribution in [0.5, 0.6) is 5.75 Å². The molecule has 1 aliphatic rings. The molecule has 1 fully saturated rings. The van der Waals surface area contributed by atoms with E-state index in [1.807, 2.05) is 18.2 Å². The number of carbonyl (C=O) groups excluding carboxylic acids is 1. The number of aromatic hydroxyl groups is 1. The average molecular weight is 432 g/mol. The van der Waals surface area contributed by atoms with E-state index in [2.05, 4.69) is 14.8 Å². The molecule has 0 saturated carbocycles. The summed E-state index contributed by atoms with van der Waals surface area (Å²) in [6, 6.07) is 12.3. The second-order valence-electron chi connectivity index (χ2n) is 7.12. The number of amides is 1. The zero-order valence-corrected chi connectivity index (χ0v) is 18.1. The maximum atomic E-state index is 12.5. The summed E-state index contributed by atoms with van der Waals surface area (Å²) in [5, 5.41) is 14.6. The molecule has 0 radical (unpaired) electrons. The highest BCUT2D eigenvalue weighted by Gasteiger charge is 2.12. The first-order valence-corrected chi connectivity index (χ1v) is 11.0. The van der Waals surface area contributed by atoms with Gasteiger partial charge in [0.2, 0.25) is 0 Å². The van der Waals surface area contributed by atoms with Gasteiger partial charge in [-0.05, 0) is 68.1 Å². The molecule has 154 valence electrons. The number of halogens is 1. The van der Waals surface area contributed by atoms with Crippen molar-refractivity contribution in [3.8, 4) is 5.75 Å². The Kier molecular flexibility index (Phi) is 7.98. The third-order valence-electron chi connectivity index (χ3n) is 4.82. The second-order valence-corrected chi connectivity index (χ2v) is 8.72. The molecular formula is C22H26ClN3O2S. The predicted octanol–water partition coefficient (Wildman–Crippen LogP) is 5.47. The molecule has 0 atom stereocenters. The first-order chi connectivity index (χ1) is 14.0. The lowest BCUT2D eigenvalue weighted by Crippen LogP contribution is -2.21. The van der Waals surface area contributed by atoms with Crippen LogP contribution in [0.4, 0.5) is 0 Å². The Morgan fingerprint density at radius 2 is 1.83 bits per heavy atom. The van der Waals surface area contributed by atoms with E-state index in [4.69, 9.17) is 11.6 Å². The minimum Gasteiger partial charge on any atom is -0.507 e. The van der Waals surface area contributed by atoms with Crippen LogP contribution in [-0.4, -0.2) is 34.1 Å². The van der Waals surface area contributed by atoms with E-state index in [-0.39, 0.29) is 11.7 Å². The monoisotopic (exact) mass is 431 g/mol. The van der Waals surface area contributed by atoms with Gasteiger partial charge in [0.25, 0.3) is 5.91 Å². The van der Waals surface area contributed by atoms with Gasteiger partial charge in [-0.25, -0.2) is 9.73 Å². The number of hydrazone groups is 1. The molecule has 0 aliphatic carbocycles. The summed E-state index contributed by atoms with van der Waals surface area (Å²) in [5.41, 5.74) is 4.08. The van der Waals surface area contributed by atoms with Crippen LogP contribution in [0, 0.1) is 0 Å². The van der Waals surface area contributed by atoms with Gasteiger partial charge in [-0.1, -0.05) is 36.9 Å². The van der Waals surface area contributed by atoms with Gasteiger partial charge in [0.15, 0.2) is 0 Å². The standard InChI is InChI=1S/C22H26ClN3O2S/c1-16(20-15-18(23)10-11-21(20)27)24-25-22(28)17-8-7-9-19(14-17)29-26-12-5-3-2-4-6-13-26/h7-11,14-15,27H,2-6,12-13H2,1H3,(H,25,28)/b24-16+. The van der Waals surface area contributed by atoms with Crippen LogP contribution >= 0.6 is 23.5 Å². The SMILES string of the molecule is C/C(=N\NC(=O)c1cccc(SN2CCCCCCC2)c1)c1cc(Cl)ccc1O. The van der Waals surface area contributed by atoms with E-state index in [0.29, 0.717) is 21.9 Å². The van der Waals surface area contributed by atoms with Gasteiger partial charge < -0.3 is 5.11 Å². The Hall–Kier alpha value is -2.02. The zero-order chi connectivity index (χ0) is 20.6. The van der Waals surface area contributed by atoms with Crippen molar-refractivity contribution in [2.24, 2.45) is 5.10 Å². The Morgan fingerprint density at radius 3 is 2.59 bits per heavy atom. The van der Waals surface area contributed by atoms with E-state index in [1.165, 1.54) is 38.2 Å². The van der Waals surface area contributed by atoms with Crippen molar-refractivity contribution >= 4 is 35.2 Å². The molecule has 5 nitrogen and oxygen atoms in total. The lowest BCUT2D eigenvalue weighted by Gasteiger charge is -2.23.